The van der Waals surface area contributed by atoms with Crippen LogP contribution in [0.3, 0.4) is 0 Å². The number of aryl methyl sites for hydroxylation is 3. The number of imide groups is 1. The molecular weight excluding hydrogens is 412 g/mol. The Kier molecular flexibility index (Phi) is 5.09. The predicted molar refractivity (Wildman–Crippen MR) is 118 cm³/mol. The van der Waals surface area contributed by atoms with Gasteiger partial charge >= 0.3 is 5.69 Å². The minimum atomic E-state index is -0.724. The minimum absolute atomic E-state index is 0.0634. The number of amides is 2. The van der Waals surface area contributed by atoms with E-state index in [1.807, 2.05) is 13.8 Å². The third-order valence-corrected chi connectivity index (χ3v) is 5.27. The van der Waals surface area contributed by atoms with Gasteiger partial charge in [0.2, 0.25) is 0 Å². The van der Waals surface area contributed by atoms with Crippen molar-refractivity contribution >= 4 is 28.7 Å². The first kappa shape index (κ1) is 21.0. The lowest BCUT2D eigenvalue weighted by Gasteiger charge is -2.18. The molecule has 0 atom stereocenters. The number of nitrogens with zero attached hydrogens (tertiary/aromatic N) is 4. The van der Waals surface area contributed by atoms with Crippen LogP contribution in [0, 0.1) is 13.8 Å². The largest absolute Gasteiger partial charge is 0.335 e. The van der Waals surface area contributed by atoms with E-state index in [1.54, 1.807) is 48.5 Å². The number of rotatable bonds is 3. The van der Waals surface area contributed by atoms with Crippen molar-refractivity contribution < 1.29 is 14.1 Å². The van der Waals surface area contributed by atoms with Crippen molar-refractivity contribution in [1.82, 2.24) is 14.3 Å². The zero-order valence-corrected chi connectivity index (χ0v) is 17.9. The first-order valence-electron chi connectivity index (χ1n) is 9.78. The molecule has 0 saturated heterocycles. The summed E-state index contributed by atoms with van der Waals surface area (Å²) in [5.41, 5.74) is 0.927. The van der Waals surface area contributed by atoms with Gasteiger partial charge in [-0.25, -0.2) is 9.69 Å². The Morgan fingerprint density at radius 1 is 0.812 bits per heavy atom. The maximum Gasteiger partial charge on any atom is 0.332 e. The van der Waals surface area contributed by atoms with Crippen LogP contribution < -0.4 is 16.1 Å². The van der Waals surface area contributed by atoms with Crippen molar-refractivity contribution in [2.24, 2.45) is 14.1 Å². The van der Waals surface area contributed by atoms with Crippen molar-refractivity contribution in [2.45, 2.75) is 13.8 Å². The Hall–Kier alpha value is -4.27. The molecule has 9 nitrogen and oxygen atoms in total. The second kappa shape index (κ2) is 7.77. The second-order valence-electron chi connectivity index (χ2n) is 7.57. The molecule has 2 aromatic carbocycles. The molecule has 2 amide bonds. The molecule has 2 heterocycles. The summed E-state index contributed by atoms with van der Waals surface area (Å²) < 4.78 is 7.33. The van der Waals surface area contributed by atoms with E-state index in [4.69, 9.17) is 4.52 Å². The molecule has 0 fully saturated rings. The van der Waals surface area contributed by atoms with Crippen molar-refractivity contribution in [1.29, 1.82) is 0 Å². The SMILES string of the molecule is Cc1ccc(C(=O)N(C(=O)c2ccc(C)cc2)c2onc3c2c(=O)n(C)c(=O)n3C)cc1. The Labute approximate surface area is 182 Å². The molecule has 0 unspecified atom stereocenters. The van der Waals surface area contributed by atoms with E-state index in [0.717, 1.165) is 25.2 Å². The van der Waals surface area contributed by atoms with E-state index < -0.39 is 23.1 Å². The fourth-order valence-electron chi connectivity index (χ4n) is 3.34. The molecule has 0 saturated carbocycles. The number of carbonyl (C=O) groups is 2. The fourth-order valence-corrected chi connectivity index (χ4v) is 3.34. The lowest BCUT2D eigenvalue weighted by molar-refractivity contribution is 0.0889. The van der Waals surface area contributed by atoms with Crippen LogP contribution in [-0.4, -0.2) is 26.1 Å². The summed E-state index contributed by atoms with van der Waals surface area (Å²) in [5, 5.41) is 3.67. The fraction of sp³-hybridized carbons (Fsp3) is 0.174. The van der Waals surface area contributed by atoms with Gasteiger partial charge in [0.1, 0.15) is 0 Å². The third kappa shape index (κ3) is 3.33. The van der Waals surface area contributed by atoms with E-state index in [9.17, 15) is 19.2 Å². The van der Waals surface area contributed by atoms with E-state index in [-0.39, 0.29) is 28.0 Å². The standard InChI is InChI=1S/C23H20N4O5/c1-13-5-9-15(10-6-13)19(28)27(20(29)16-11-7-14(2)8-12-16)22-17-18(24-32-22)25(3)23(31)26(4)21(17)30/h5-12H,1-4H3. The van der Waals surface area contributed by atoms with Crippen molar-refractivity contribution in [3.05, 3.63) is 91.6 Å². The van der Waals surface area contributed by atoms with Crippen LogP contribution in [0.1, 0.15) is 31.8 Å². The Morgan fingerprint density at radius 3 is 1.75 bits per heavy atom. The molecule has 4 rings (SSSR count). The van der Waals surface area contributed by atoms with Gasteiger partial charge in [-0.05, 0) is 38.1 Å². The van der Waals surface area contributed by atoms with Gasteiger partial charge in [-0.1, -0.05) is 40.5 Å². The summed E-state index contributed by atoms with van der Waals surface area (Å²) in [6.07, 6.45) is 0. The lowest BCUT2D eigenvalue weighted by Crippen LogP contribution is -2.40. The van der Waals surface area contributed by atoms with E-state index >= 15 is 0 Å². The maximum absolute atomic E-state index is 13.5. The number of hydrogen-bond acceptors (Lipinski definition) is 6. The third-order valence-electron chi connectivity index (χ3n) is 5.27. The zero-order chi connectivity index (χ0) is 23.2. The van der Waals surface area contributed by atoms with Crippen LogP contribution in [0.2, 0.25) is 0 Å². The predicted octanol–water partition coefficient (Wildman–Crippen LogP) is 2.33. The molecule has 9 heteroatoms. The van der Waals surface area contributed by atoms with Crippen molar-refractivity contribution in [3.63, 3.8) is 0 Å². The van der Waals surface area contributed by atoms with E-state index in [1.165, 1.54) is 14.1 Å². The molecule has 2 aromatic heterocycles. The number of hydrogen-bond donors (Lipinski definition) is 0. The molecule has 0 N–H and O–H groups in total. The highest BCUT2D eigenvalue weighted by molar-refractivity contribution is 6.27. The van der Waals surface area contributed by atoms with Crippen molar-refractivity contribution in [3.8, 4) is 0 Å². The van der Waals surface area contributed by atoms with Gasteiger partial charge in [0, 0.05) is 25.2 Å². The Balaban J connectivity index is 1.98. The number of anilines is 1. The normalized spacial score (nSPS) is 11.0. The van der Waals surface area contributed by atoms with Gasteiger partial charge in [-0.2, -0.15) is 0 Å². The Morgan fingerprint density at radius 2 is 1.28 bits per heavy atom. The van der Waals surface area contributed by atoms with E-state index in [2.05, 4.69) is 5.16 Å². The number of fused-ring (bicyclic) bond motifs is 1. The maximum atomic E-state index is 13.5. The smallest absolute Gasteiger partial charge is 0.332 e. The Bertz CT molecular complexity index is 1420. The van der Waals surface area contributed by atoms with Crippen LogP contribution in [0.15, 0.2) is 62.6 Å². The van der Waals surface area contributed by atoms with Crippen LogP contribution >= 0.6 is 0 Å². The van der Waals surface area contributed by atoms with Gasteiger partial charge in [-0.3, -0.25) is 23.5 Å². The summed E-state index contributed by atoms with van der Waals surface area (Å²) >= 11 is 0. The molecule has 0 aliphatic rings. The average Bonchev–Trinajstić information content (AvgIpc) is 3.22. The highest BCUT2D eigenvalue weighted by Gasteiger charge is 2.33. The second-order valence-corrected chi connectivity index (χ2v) is 7.57. The highest BCUT2D eigenvalue weighted by atomic mass is 16.5. The van der Waals surface area contributed by atoms with Gasteiger partial charge in [0.15, 0.2) is 11.0 Å². The molecule has 32 heavy (non-hydrogen) atoms. The van der Waals surface area contributed by atoms with Crippen LogP contribution in [0.25, 0.3) is 11.0 Å². The quantitative estimate of drug-likeness (QED) is 0.460. The van der Waals surface area contributed by atoms with Gasteiger partial charge in [-0.15, -0.1) is 0 Å². The number of benzene rings is 2. The van der Waals surface area contributed by atoms with E-state index in [0.29, 0.717) is 0 Å². The molecule has 0 aliphatic carbocycles. The van der Waals surface area contributed by atoms with Gasteiger partial charge < -0.3 is 4.52 Å². The molecule has 0 bridgehead atoms. The van der Waals surface area contributed by atoms with Gasteiger partial charge in [0.05, 0.1) is 0 Å². The van der Waals surface area contributed by atoms with Crippen LogP contribution in [0.4, 0.5) is 5.88 Å². The molecule has 4 aromatic rings. The first-order chi connectivity index (χ1) is 15.2. The first-order valence-corrected chi connectivity index (χ1v) is 9.78. The molecule has 0 radical (unpaired) electrons. The summed E-state index contributed by atoms with van der Waals surface area (Å²) in [4.78, 5) is 52.9. The van der Waals surface area contributed by atoms with Crippen molar-refractivity contribution in [2.75, 3.05) is 4.90 Å². The topological polar surface area (TPSA) is 107 Å². The van der Waals surface area contributed by atoms with Gasteiger partial charge in [0.25, 0.3) is 23.3 Å². The number of carbonyl (C=O) groups excluding carboxylic acids is 2. The summed E-state index contributed by atoms with van der Waals surface area (Å²) in [6, 6.07) is 13.3. The molecule has 162 valence electrons. The summed E-state index contributed by atoms with van der Waals surface area (Å²) in [7, 11) is 2.72. The summed E-state index contributed by atoms with van der Waals surface area (Å²) in [5.74, 6) is -1.72. The lowest BCUT2D eigenvalue weighted by atomic mass is 10.1. The average molecular weight is 432 g/mol. The molecule has 0 aliphatic heterocycles. The van der Waals surface area contributed by atoms with Crippen LogP contribution in [-0.2, 0) is 14.1 Å². The summed E-state index contributed by atoms with van der Waals surface area (Å²) in [6.45, 7) is 3.75. The number of aromatic nitrogens is 3. The monoisotopic (exact) mass is 432 g/mol. The van der Waals surface area contributed by atoms with Crippen LogP contribution in [0.5, 0.6) is 0 Å². The molecule has 0 spiro atoms. The molecular formula is C23H20N4O5. The zero-order valence-electron chi connectivity index (χ0n) is 17.9. The highest BCUT2D eigenvalue weighted by Crippen LogP contribution is 2.27. The minimum Gasteiger partial charge on any atom is -0.335 e.